The Balaban J connectivity index is 1.83. The van der Waals surface area contributed by atoms with Gasteiger partial charge in [-0.15, -0.1) is 11.3 Å². The zero-order chi connectivity index (χ0) is 16.0. The van der Waals surface area contributed by atoms with Crippen LogP contribution in [0.2, 0.25) is 0 Å². The van der Waals surface area contributed by atoms with Gasteiger partial charge in [0.2, 0.25) is 5.91 Å². The largest absolute Gasteiger partial charge is 0.456 e. The number of esters is 1. The number of hydrogen-bond donors (Lipinski definition) is 0. The van der Waals surface area contributed by atoms with Crippen LogP contribution in [0.25, 0.3) is 0 Å². The molecule has 1 aromatic carbocycles. The molecular weight excluding hydrogens is 310 g/mol. The Labute approximate surface area is 138 Å². The van der Waals surface area contributed by atoms with E-state index in [-0.39, 0.29) is 24.4 Å². The van der Waals surface area contributed by atoms with Crippen molar-refractivity contribution in [3.05, 3.63) is 63.5 Å². The number of anilines is 1. The number of hydrogen-bond acceptors (Lipinski definition) is 4. The van der Waals surface area contributed by atoms with Crippen molar-refractivity contribution in [2.24, 2.45) is 0 Å². The van der Waals surface area contributed by atoms with Crippen LogP contribution in [0.4, 0.5) is 5.69 Å². The van der Waals surface area contributed by atoms with E-state index in [0.29, 0.717) is 17.7 Å². The number of cyclic esters (lactones) is 1. The summed E-state index contributed by atoms with van der Waals surface area (Å²) in [5, 5.41) is 1.96. The molecule has 0 saturated heterocycles. The van der Waals surface area contributed by atoms with Crippen LogP contribution < -0.4 is 4.90 Å². The monoisotopic (exact) mass is 325 g/mol. The van der Waals surface area contributed by atoms with Gasteiger partial charge in [-0.2, -0.15) is 0 Å². The summed E-state index contributed by atoms with van der Waals surface area (Å²) in [6.07, 6.45) is 0.294. The molecule has 0 N–H and O–H groups in total. The summed E-state index contributed by atoms with van der Waals surface area (Å²) in [5.41, 5.74) is 3.24. The highest BCUT2D eigenvalue weighted by Gasteiger charge is 2.43. The van der Waals surface area contributed by atoms with Crippen LogP contribution in [0.3, 0.4) is 0 Å². The first-order valence-corrected chi connectivity index (χ1v) is 8.36. The van der Waals surface area contributed by atoms with Gasteiger partial charge in [0.1, 0.15) is 6.61 Å². The van der Waals surface area contributed by atoms with Gasteiger partial charge in [0.25, 0.3) is 0 Å². The number of carbonyl (C=O) groups excluding carboxylic acids is 2. The number of rotatable bonds is 2. The van der Waals surface area contributed by atoms with Gasteiger partial charge in [0, 0.05) is 22.9 Å². The molecular formula is C18H15NO3S. The third-order valence-corrected chi connectivity index (χ3v) is 5.28. The van der Waals surface area contributed by atoms with Crippen LogP contribution >= 0.6 is 11.3 Å². The maximum Gasteiger partial charge on any atom is 0.337 e. The smallest absolute Gasteiger partial charge is 0.337 e. The molecule has 2 aliphatic heterocycles. The molecule has 4 rings (SSSR count). The molecule has 1 aromatic heterocycles. The predicted molar refractivity (Wildman–Crippen MR) is 88.3 cm³/mol. The summed E-state index contributed by atoms with van der Waals surface area (Å²) in [6, 6.07) is 11.7. The maximum atomic E-state index is 12.8. The minimum Gasteiger partial charge on any atom is -0.456 e. The lowest BCUT2D eigenvalue weighted by atomic mass is 9.88. The number of benzene rings is 1. The highest BCUT2D eigenvalue weighted by Crippen LogP contribution is 2.42. The van der Waals surface area contributed by atoms with Gasteiger partial charge in [-0.25, -0.2) is 4.79 Å². The Hall–Kier alpha value is -2.40. The minimum absolute atomic E-state index is 0.00398. The molecule has 4 nitrogen and oxygen atoms in total. The molecule has 1 amide bonds. The third kappa shape index (κ3) is 2.28. The molecule has 1 atom stereocenters. The van der Waals surface area contributed by atoms with E-state index in [1.807, 2.05) is 48.7 Å². The fraction of sp³-hybridized carbons (Fsp3) is 0.222. The number of amides is 1. The predicted octanol–water partition coefficient (Wildman–Crippen LogP) is 3.39. The fourth-order valence-corrected chi connectivity index (χ4v) is 4.02. The number of aryl methyl sites for hydroxylation is 1. The first-order chi connectivity index (χ1) is 11.1. The topological polar surface area (TPSA) is 46.6 Å². The second-order valence-electron chi connectivity index (χ2n) is 5.77. The third-order valence-electron chi connectivity index (χ3n) is 4.30. The van der Waals surface area contributed by atoms with E-state index in [4.69, 9.17) is 4.74 Å². The Morgan fingerprint density at radius 3 is 2.65 bits per heavy atom. The Morgan fingerprint density at radius 2 is 1.96 bits per heavy atom. The van der Waals surface area contributed by atoms with E-state index >= 15 is 0 Å². The van der Waals surface area contributed by atoms with E-state index in [9.17, 15) is 9.59 Å². The Morgan fingerprint density at radius 1 is 1.17 bits per heavy atom. The van der Waals surface area contributed by atoms with Gasteiger partial charge in [0.15, 0.2) is 0 Å². The molecule has 0 spiro atoms. The molecule has 5 heteroatoms. The van der Waals surface area contributed by atoms with Gasteiger partial charge in [0.05, 0.1) is 11.3 Å². The molecule has 0 bridgehead atoms. The van der Waals surface area contributed by atoms with E-state index in [1.54, 1.807) is 16.2 Å². The van der Waals surface area contributed by atoms with Gasteiger partial charge < -0.3 is 4.74 Å². The Bertz CT molecular complexity index is 805. The lowest BCUT2D eigenvalue weighted by Crippen LogP contribution is -2.37. The molecule has 0 aliphatic carbocycles. The summed E-state index contributed by atoms with van der Waals surface area (Å²) in [7, 11) is 0. The van der Waals surface area contributed by atoms with Crippen molar-refractivity contribution in [1.29, 1.82) is 0 Å². The van der Waals surface area contributed by atoms with Crippen molar-refractivity contribution >= 4 is 28.9 Å². The molecule has 0 fully saturated rings. The van der Waals surface area contributed by atoms with Crippen LogP contribution in [0.1, 0.15) is 22.8 Å². The molecule has 0 unspecified atom stereocenters. The van der Waals surface area contributed by atoms with E-state index in [1.165, 1.54) is 0 Å². The summed E-state index contributed by atoms with van der Waals surface area (Å²) in [5.74, 6) is -0.485. The average Bonchev–Trinajstić information content (AvgIpc) is 3.19. The molecule has 23 heavy (non-hydrogen) atoms. The number of nitrogens with zero attached hydrogens (tertiary/aromatic N) is 1. The SMILES string of the molecule is Cc1ccc(N2C(=O)C[C@H](c3cccs3)C3=C2COC3=O)cc1. The lowest BCUT2D eigenvalue weighted by Gasteiger charge is -2.31. The van der Waals surface area contributed by atoms with Gasteiger partial charge in [-0.3, -0.25) is 9.69 Å². The van der Waals surface area contributed by atoms with Crippen LogP contribution in [-0.4, -0.2) is 18.5 Å². The molecule has 3 heterocycles. The highest BCUT2D eigenvalue weighted by atomic mass is 32.1. The quantitative estimate of drug-likeness (QED) is 0.795. The zero-order valence-electron chi connectivity index (χ0n) is 12.6. The first-order valence-electron chi connectivity index (χ1n) is 7.48. The van der Waals surface area contributed by atoms with Crippen LogP contribution in [-0.2, 0) is 14.3 Å². The Kier molecular flexibility index (Phi) is 3.31. The second kappa shape index (κ2) is 5.35. The van der Waals surface area contributed by atoms with Crippen molar-refractivity contribution < 1.29 is 14.3 Å². The van der Waals surface area contributed by atoms with Crippen molar-refractivity contribution in [2.45, 2.75) is 19.3 Å². The second-order valence-corrected chi connectivity index (χ2v) is 6.75. The van der Waals surface area contributed by atoms with Crippen molar-refractivity contribution in [2.75, 3.05) is 11.5 Å². The van der Waals surface area contributed by atoms with Crippen LogP contribution in [0, 0.1) is 6.92 Å². The number of ether oxygens (including phenoxy) is 1. The standard InChI is InChI=1S/C18H15NO3S/c1-11-4-6-12(7-5-11)19-14-10-22-18(21)17(14)13(9-16(19)20)15-3-2-8-23-15/h2-8,13H,9-10H2,1H3/t13-/m1/s1. The molecule has 116 valence electrons. The molecule has 2 aromatic rings. The van der Waals surface area contributed by atoms with Crippen LogP contribution in [0.5, 0.6) is 0 Å². The number of carbonyl (C=O) groups is 2. The molecule has 0 saturated carbocycles. The van der Waals surface area contributed by atoms with E-state index in [2.05, 4.69) is 0 Å². The first kappa shape index (κ1) is 14.2. The maximum absolute atomic E-state index is 12.8. The van der Waals surface area contributed by atoms with Gasteiger partial charge >= 0.3 is 5.97 Å². The van der Waals surface area contributed by atoms with Crippen LogP contribution in [0.15, 0.2) is 53.0 Å². The van der Waals surface area contributed by atoms with E-state index in [0.717, 1.165) is 16.1 Å². The average molecular weight is 325 g/mol. The van der Waals surface area contributed by atoms with Gasteiger partial charge in [-0.05, 0) is 30.5 Å². The lowest BCUT2D eigenvalue weighted by molar-refractivity contribution is -0.136. The van der Waals surface area contributed by atoms with Gasteiger partial charge in [-0.1, -0.05) is 23.8 Å². The fourth-order valence-electron chi connectivity index (χ4n) is 3.18. The van der Waals surface area contributed by atoms with Crippen molar-refractivity contribution in [3.8, 4) is 0 Å². The highest BCUT2D eigenvalue weighted by molar-refractivity contribution is 7.10. The van der Waals surface area contributed by atoms with E-state index < -0.39 is 0 Å². The number of thiophene rings is 1. The molecule has 2 aliphatic rings. The summed E-state index contributed by atoms with van der Waals surface area (Å²) in [4.78, 5) is 27.7. The van der Waals surface area contributed by atoms with Crippen molar-refractivity contribution in [3.63, 3.8) is 0 Å². The minimum atomic E-state index is -0.303. The summed E-state index contributed by atoms with van der Waals surface area (Å²) >= 11 is 1.57. The zero-order valence-corrected chi connectivity index (χ0v) is 13.4. The van der Waals surface area contributed by atoms with Crippen molar-refractivity contribution in [1.82, 2.24) is 0 Å². The molecule has 0 radical (unpaired) electrons. The normalized spacial score (nSPS) is 20.7. The summed E-state index contributed by atoms with van der Waals surface area (Å²) in [6.45, 7) is 2.16. The summed E-state index contributed by atoms with van der Waals surface area (Å²) < 4.78 is 5.25.